The summed E-state index contributed by atoms with van der Waals surface area (Å²) in [7, 11) is 0. The summed E-state index contributed by atoms with van der Waals surface area (Å²) in [5.41, 5.74) is 3.38. The molecule has 23 heavy (non-hydrogen) atoms. The van der Waals surface area contributed by atoms with Gasteiger partial charge in [0.2, 0.25) is 6.41 Å². The molecule has 1 saturated heterocycles. The van der Waals surface area contributed by atoms with E-state index in [1.807, 2.05) is 0 Å². The summed E-state index contributed by atoms with van der Waals surface area (Å²) < 4.78 is 0. The summed E-state index contributed by atoms with van der Waals surface area (Å²) in [6.07, 6.45) is 12.8. The predicted octanol–water partition coefficient (Wildman–Crippen LogP) is 3.35. The van der Waals surface area contributed by atoms with Crippen LogP contribution in [0.5, 0.6) is 0 Å². The van der Waals surface area contributed by atoms with E-state index in [0.29, 0.717) is 5.41 Å². The van der Waals surface area contributed by atoms with E-state index < -0.39 is 0 Å². The fourth-order valence-electron chi connectivity index (χ4n) is 4.12. The number of benzene rings is 1. The predicted molar refractivity (Wildman–Crippen MR) is 95.4 cm³/mol. The summed E-state index contributed by atoms with van der Waals surface area (Å²) in [5, 5.41) is 2.73. The molecule has 0 bridgehead atoms. The van der Waals surface area contributed by atoms with Gasteiger partial charge in [-0.25, -0.2) is 0 Å². The number of carbonyl (C=O) groups is 1. The van der Waals surface area contributed by atoms with Gasteiger partial charge in [-0.3, -0.25) is 4.79 Å². The molecule has 0 saturated carbocycles. The van der Waals surface area contributed by atoms with Crippen molar-refractivity contribution >= 4 is 12.5 Å². The molecule has 1 fully saturated rings. The number of rotatable bonds is 7. The Hall–Kier alpha value is -1.61. The lowest BCUT2D eigenvalue weighted by molar-refractivity contribution is -0.109. The Labute approximate surface area is 139 Å². The van der Waals surface area contributed by atoms with Crippen LogP contribution in [-0.4, -0.2) is 37.5 Å². The molecule has 1 N–H and O–H groups in total. The highest BCUT2D eigenvalue weighted by molar-refractivity contribution is 5.59. The molecular weight excluding hydrogens is 284 g/mol. The first-order valence-electron chi connectivity index (χ1n) is 8.99. The summed E-state index contributed by atoms with van der Waals surface area (Å²) in [6, 6.07) is 8.94. The maximum Gasteiger partial charge on any atom is 0.207 e. The molecule has 3 heteroatoms. The summed E-state index contributed by atoms with van der Waals surface area (Å²) >= 11 is 0. The number of allylic oxidation sites excluding steroid dienone is 1. The van der Waals surface area contributed by atoms with Crippen LogP contribution in [0, 0.1) is 0 Å². The zero-order valence-corrected chi connectivity index (χ0v) is 14.0. The molecule has 0 atom stereocenters. The van der Waals surface area contributed by atoms with Crippen molar-refractivity contribution in [3.8, 4) is 0 Å². The normalized spacial score (nSPS) is 19.5. The van der Waals surface area contributed by atoms with Crippen LogP contribution >= 0.6 is 0 Å². The van der Waals surface area contributed by atoms with Gasteiger partial charge in [-0.05, 0) is 62.9 Å². The molecule has 1 amide bonds. The first-order chi connectivity index (χ1) is 11.3. The third-order valence-corrected chi connectivity index (χ3v) is 5.53. The van der Waals surface area contributed by atoms with Crippen LogP contribution in [-0.2, 0) is 10.2 Å². The summed E-state index contributed by atoms with van der Waals surface area (Å²) in [4.78, 5) is 12.8. The van der Waals surface area contributed by atoms with E-state index in [-0.39, 0.29) is 0 Å². The lowest BCUT2D eigenvalue weighted by atomic mass is 9.67. The van der Waals surface area contributed by atoms with Crippen molar-refractivity contribution in [2.45, 2.75) is 43.9 Å². The molecular formula is C20H28N2O. The SMILES string of the molecule is O=CNCCCCCN1CCC2(CC=Cc3ccccc32)CC1. The van der Waals surface area contributed by atoms with Crippen LogP contribution in [0.3, 0.4) is 0 Å². The highest BCUT2D eigenvalue weighted by atomic mass is 16.1. The second-order valence-electron chi connectivity index (χ2n) is 6.95. The van der Waals surface area contributed by atoms with Gasteiger partial charge in [-0.2, -0.15) is 0 Å². The highest BCUT2D eigenvalue weighted by Gasteiger charge is 2.37. The van der Waals surface area contributed by atoms with Crippen LogP contribution in [0.2, 0.25) is 0 Å². The van der Waals surface area contributed by atoms with Crippen molar-refractivity contribution in [2.75, 3.05) is 26.2 Å². The quantitative estimate of drug-likeness (QED) is 0.618. The number of piperidine rings is 1. The van der Waals surface area contributed by atoms with E-state index in [0.717, 1.165) is 19.4 Å². The number of carbonyl (C=O) groups excluding carboxylic acids is 1. The van der Waals surface area contributed by atoms with Gasteiger partial charge in [-0.15, -0.1) is 0 Å². The van der Waals surface area contributed by atoms with E-state index in [4.69, 9.17) is 0 Å². The molecule has 1 aromatic carbocycles. The molecule has 1 heterocycles. The molecule has 3 rings (SSSR count). The first kappa shape index (κ1) is 16.3. The number of nitrogens with one attached hydrogen (secondary N) is 1. The van der Waals surface area contributed by atoms with Crippen molar-refractivity contribution in [2.24, 2.45) is 0 Å². The second-order valence-corrected chi connectivity index (χ2v) is 6.95. The number of hydrogen-bond donors (Lipinski definition) is 1. The minimum atomic E-state index is 0.385. The van der Waals surface area contributed by atoms with Crippen LogP contribution < -0.4 is 5.32 Å². The fraction of sp³-hybridized carbons (Fsp3) is 0.550. The number of hydrogen-bond acceptors (Lipinski definition) is 2. The zero-order valence-electron chi connectivity index (χ0n) is 14.0. The Kier molecular flexibility index (Phi) is 5.50. The highest BCUT2D eigenvalue weighted by Crippen LogP contribution is 2.43. The third kappa shape index (κ3) is 3.84. The van der Waals surface area contributed by atoms with E-state index in [2.05, 4.69) is 46.6 Å². The molecule has 2 aliphatic rings. The van der Waals surface area contributed by atoms with Gasteiger partial charge in [0.05, 0.1) is 0 Å². The first-order valence-corrected chi connectivity index (χ1v) is 8.99. The number of unbranched alkanes of at least 4 members (excludes halogenated alkanes) is 2. The number of likely N-dealkylation sites (tertiary alicyclic amines) is 1. The molecule has 0 unspecified atom stereocenters. The lowest BCUT2D eigenvalue weighted by Gasteiger charge is -2.44. The smallest absolute Gasteiger partial charge is 0.207 e. The molecule has 124 valence electrons. The van der Waals surface area contributed by atoms with E-state index in [1.165, 1.54) is 57.3 Å². The molecule has 0 aromatic heterocycles. The van der Waals surface area contributed by atoms with Gasteiger partial charge in [0, 0.05) is 12.0 Å². The van der Waals surface area contributed by atoms with Crippen molar-refractivity contribution in [1.29, 1.82) is 0 Å². The average Bonchev–Trinajstić information content (AvgIpc) is 2.60. The minimum absolute atomic E-state index is 0.385. The van der Waals surface area contributed by atoms with Crippen LogP contribution in [0.15, 0.2) is 30.3 Å². The van der Waals surface area contributed by atoms with Crippen molar-refractivity contribution in [3.05, 3.63) is 41.5 Å². The molecule has 0 radical (unpaired) electrons. The Morgan fingerprint density at radius 3 is 2.78 bits per heavy atom. The standard InChI is InChI=1S/C20H28N2O/c23-17-21-13-4-1-5-14-22-15-11-20(12-16-22)10-6-8-18-7-2-3-9-19(18)20/h2-3,6-9,17H,1,4-5,10-16H2,(H,21,23). The maximum atomic E-state index is 10.2. The van der Waals surface area contributed by atoms with Crippen molar-refractivity contribution in [3.63, 3.8) is 0 Å². The largest absolute Gasteiger partial charge is 0.359 e. The van der Waals surface area contributed by atoms with E-state index in [9.17, 15) is 4.79 Å². The van der Waals surface area contributed by atoms with Crippen LogP contribution in [0.25, 0.3) is 6.08 Å². The van der Waals surface area contributed by atoms with Crippen molar-refractivity contribution < 1.29 is 4.79 Å². The topological polar surface area (TPSA) is 32.3 Å². The van der Waals surface area contributed by atoms with Crippen molar-refractivity contribution in [1.82, 2.24) is 10.2 Å². The molecule has 3 nitrogen and oxygen atoms in total. The van der Waals surface area contributed by atoms with E-state index >= 15 is 0 Å². The van der Waals surface area contributed by atoms with Crippen LogP contribution in [0.4, 0.5) is 0 Å². The molecule has 1 aliphatic heterocycles. The van der Waals surface area contributed by atoms with Gasteiger partial charge in [0.25, 0.3) is 0 Å². The van der Waals surface area contributed by atoms with Gasteiger partial charge in [0.15, 0.2) is 0 Å². The molecule has 1 spiro atoms. The summed E-state index contributed by atoms with van der Waals surface area (Å²) in [6.45, 7) is 4.45. The minimum Gasteiger partial charge on any atom is -0.359 e. The Balaban J connectivity index is 1.47. The summed E-state index contributed by atoms with van der Waals surface area (Å²) in [5.74, 6) is 0. The Morgan fingerprint density at radius 2 is 1.96 bits per heavy atom. The second kappa shape index (κ2) is 7.78. The number of fused-ring (bicyclic) bond motifs is 2. The number of nitrogens with zero attached hydrogens (tertiary/aromatic N) is 1. The third-order valence-electron chi connectivity index (χ3n) is 5.53. The monoisotopic (exact) mass is 312 g/mol. The fourth-order valence-corrected chi connectivity index (χ4v) is 4.12. The Morgan fingerprint density at radius 1 is 1.13 bits per heavy atom. The molecule has 1 aromatic rings. The molecule has 1 aliphatic carbocycles. The Bertz CT molecular complexity index is 544. The average molecular weight is 312 g/mol. The maximum absolute atomic E-state index is 10.2. The lowest BCUT2D eigenvalue weighted by Crippen LogP contribution is -2.43. The van der Waals surface area contributed by atoms with Gasteiger partial charge in [0.1, 0.15) is 0 Å². The zero-order chi connectivity index (χ0) is 16.0. The van der Waals surface area contributed by atoms with E-state index in [1.54, 1.807) is 5.56 Å². The van der Waals surface area contributed by atoms with Gasteiger partial charge < -0.3 is 10.2 Å². The number of amides is 1. The van der Waals surface area contributed by atoms with Gasteiger partial charge >= 0.3 is 0 Å². The van der Waals surface area contributed by atoms with Gasteiger partial charge in [-0.1, -0.05) is 42.8 Å². The van der Waals surface area contributed by atoms with Crippen LogP contribution in [0.1, 0.15) is 49.7 Å².